The molecule has 1 aliphatic rings. The smallest absolute Gasteiger partial charge is 0.325 e. The number of anilines is 1. The van der Waals surface area contributed by atoms with Gasteiger partial charge in [-0.15, -0.1) is 0 Å². The van der Waals surface area contributed by atoms with E-state index in [2.05, 4.69) is 15.3 Å². The van der Waals surface area contributed by atoms with Crippen molar-refractivity contribution in [2.75, 3.05) is 11.1 Å². The summed E-state index contributed by atoms with van der Waals surface area (Å²) in [5.41, 5.74) is 0.130. The standard InChI is InChI=1S/C16H12Cl2F3N3OS/c17-10-5-4-8(6-11(10)18)22-13(25)7-26-15-23-12-3-1-2-9(12)14(24-15)16(19,20)21/h4-6H,1-3,7H2,(H,22,25). The maximum Gasteiger partial charge on any atom is 0.433 e. The van der Waals surface area contributed by atoms with Gasteiger partial charge in [0.15, 0.2) is 10.9 Å². The zero-order valence-corrected chi connectivity index (χ0v) is 15.5. The molecule has 1 aliphatic carbocycles. The Hall–Kier alpha value is -1.51. The van der Waals surface area contributed by atoms with Gasteiger partial charge in [0.25, 0.3) is 0 Å². The lowest BCUT2D eigenvalue weighted by molar-refractivity contribution is -0.142. The lowest BCUT2D eigenvalue weighted by atomic mass is 10.2. The summed E-state index contributed by atoms with van der Waals surface area (Å²) in [6, 6.07) is 4.59. The Bertz CT molecular complexity index is 861. The minimum absolute atomic E-state index is 0.0535. The maximum absolute atomic E-state index is 13.2. The van der Waals surface area contributed by atoms with Gasteiger partial charge in [0.2, 0.25) is 5.91 Å². The average Bonchev–Trinajstić information content (AvgIpc) is 3.03. The molecule has 0 spiro atoms. The van der Waals surface area contributed by atoms with Crippen LogP contribution in [0.2, 0.25) is 10.0 Å². The highest BCUT2D eigenvalue weighted by molar-refractivity contribution is 7.99. The number of nitrogens with zero attached hydrogens (tertiary/aromatic N) is 2. The van der Waals surface area contributed by atoms with Gasteiger partial charge in [-0.25, -0.2) is 9.97 Å². The minimum Gasteiger partial charge on any atom is -0.325 e. The fourth-order valence-electron chi connectivity index (χ4n) is 2.61. The van der Waals surface area contributed by atoms with Crippen LogP contribution < -0.4 is 5.32 Å². The van der Waals surface area contributed by atoms with Crippen molar-refractivity contribution in [3.63, 3.8) is 0 Å². The van der Waals surface area contributed by atoms with E-state index in [9.17, 15) is 18.0 Å². The van der Waals surface area contributed by atoms with Crippen LogP contribution in [0.5, 0.6) is 0 Å². The second-order valence-corrected chi connectivity index (χ2v) is 7.35. The van der Waals surface area contributed by atoms with Gasteiger partial charge in [0, 0.05) is 16.9 Å². The molecular weight excluding hydrogens is 410 g/mol. The first kappa shape index (κ1) is 19.3. The number of nitrogens with one attached hydrogen (secondary N) is 1. The third-order valence-corrected chi connectivity index (χ3v) is 5.30. The molecule has 0 fully saturated rings. The minimum atomic E-state index is -4.53. The number of aryl methyl sites for hydroxylation is 1. The SMILES string of the molecule is O=C(CSc1nc2c(c(C(F)(F)F)n1)CCC2)Nc1ccc(Cl)c(Cl)c1. The molecule has 0 atom stereocenters. The molecule has 1 aromatic carbocycles. The van der Waals surface area contributed by atoms with E-state index in [1.54, 1.807) is 6.07 Å². The van der Waals surface area contributed by atoms with Crippen LogP contribution >= 0.6 is 35.0 Å². The first-order chi connectivity index (χ1) is 12.2. The van der Waals surface area contributed by atoms with Gasteiger partial charge >= 0.3 is 6.18 Å². The van der Waals surface area contributed by atoms with E-state index in [-0.39, 0.29) is 21.5 Å². The Balaban J connectivity index is 1.69. The molecule has 10 heteroatoms. The van der Waals surface area contributed by atoms with Crippen LogP contribution in [0.25, 0.3) is 0 Å². The van der Waals surface area contributed by atoms with Crippen molar-refractivity contribution in [2.45, 2.75) is 30.6 Å². The van der Waals surface area contributed by atoms with E-state index in [1.165, 1.54) is 12.1 Å². The van der Waals surface area contributed by atoms with Gasteiger partial charge in [-0.2, -0.15) is 13.2 Å². The van der Waals surface area contributed by atoms with Crippen LogP contribution in [-0.4, -0.2) is 21.6 Å². The fraction of sp³-hybridized carbons (Fsp3) is 0.312. The maximum atomic E-state index is 13.2. The average molecular weight is 422 g/mol. The van der Waals surface area contributed by atoms with E-state index >= 15 is 0 Å². The first-order valence-corrected chi connectivity index (χ1v) is 9.33. The Kier molecular flexibility index (Phi) is 5.64. The number of alkyl halides is 3. The molecule has 1 aromatic heterocycles. The van der Waals surface area contributed by atoms with Crippen LogP contribution in [0.1, 0.15) is 23.4 Å². The van der Waals surface area contributed by atoms with Gasteiger partial charge in [-0.05, 0) is 37.5 Å². The lowest BCUT2D eigenvalue weighted by Gasteiger charge is -2.12. The van der Waals surface area contributed by atoms with E-state index in [1.807, 2.05) is 0 Å². The normalized spacial score (nSPS) is 13.6. The number of carbonyl (C=O) groups is 1. The van der Waals surface area contributed by atoms with Gasteiger partial charge in [0.1, 0.15) is 0 Å². The molecule has 3 rings (SSSR count). The highest BCUT2D eigenvalue weighted by Crippen LogP contribution is 2.36. The zero-order chi connectivity index (χ0) is 18.9. The van der Waals surface area contributed by atoms with E-state index in [0.717, 1.165) is 11.8 Å². The van der Waals surface area contributed by atoms with Crippen molar-refractivity contribution < 1.29 is 18.0 Å². The number of amides is 1. The van der Waals surface area contributed by atoms with Crippen LogP contribution in [-0.2, 0) is 23.8 Å². The topological polar surface area (TPSA) is 54.9 Å². The van der Waals surface area contributed by atoms with Crippen molar-refractivity contribution in [3.05, 3.63) is 45.2 Å². The predicted molar refractivity (Wildman–Crippen MR) is 94.9 cm³/mol. The molecule has 138 valence electrons. The Morgan fingerprint density at radius 2 is 1.96 bits per heavy atom. The Morgan fingerprint density at radius 3 is 2.65 bits per heavy atom. The lowest BCUT2D eigenvalue weighted by Crippen LogP contribution is -2.16. The molecule has 0 bridgehead atoms. The number of thioether (sulfide) groups is 1. The number of fused-ring (bicyclic) bond motifs is 1. The summed E-state index contributed by atoms with van der Waals surface area (Å²) < 4.78 is 39.5. The van der Waals surface area contributed by atoms with Crippen LogP contribution in [0.15, 0.2) is 23.4 Å². The fourth-order valence-corrected chi connectivity index (χ4v) is 3.57. The molecule has 1 N–H and O–H groups in total. The van der Waals surface area contributed by atoms with Gasteiger partial charge in [-0.3, -0.25) is 4.79 Å². The second kappa shape index (κ2) is 7.62. The number of rotatable bonds is 4. The molecule has 0 saturated carbocycles. The summed E-state index contributed by atoms with van der Waals surface area (Å²) in [7, 11) is 0. The number of benzene rings is 1. The van der Waals surface area contributed by atoms with E-state index in [4.69, 9.17) is 23.2 Å². The number of hydrogen-bond donors (Lipinski definition) is 1. The molecule has 4 nitrogen and oxygen atoms in total. The number of hydrogen-bond acceptors (Lipinski definition) is 4. The van der Waals surface area contributed by atoms with Crippen molar-refractivity contribution in [2.24, 2.45) is 0 Å². The number of aromatic nitrogens is 2. The van der Waals surface area contributed by atoms with Crippen LogP contribution in [0, 0.1) is 0 Å². The van der Waals surface area contributed by atoms with Crippen LogP contribution in [0.3, 0.4) is 0 Å². The first-order valence-electron chi connectivity index (χ1n) is 7.58. The molecule has 0 unspecified atom stereocenters. The summed E-state index contributed by atoms with van der Waals surface area (Å²) in [6.07, 6.45) is -3.09. The number of carbonyl (C=O) groups excluding carboxylic acids is 1. The van der Waals surface area contributed by atoms with E-state index < -0.39 is 17.8 Å². The molecule has 26 heavy (non-hydrogen) atoms. The third-order valence-electron chi connectivity index (χ3n) is 3.72. The summed E-state index contributed by atoms with van der Waals surface area (Å²) in [6.45, 7) is 0. The Morgan fingerprint density at radius 1 is 1.19 bits per heavy atom. The molecule has 1 amide bonds. The summed E-state index contributed by atoms with van der Waals surface area (Å²) in [4.78, 5) is 19.8. The van der Waals surface area contributed by atoms with E-state index in [0.29, 0.717) is 35.7 Å². The van der Waals surface area contributed by atoms with Crippen molar-refractivity contribution in [1.29, 1.82) is 0 Å². The highest BCUT2D eigenvalue weighted by atomic mass is 35.5. The molecule has 0 radical (unpaired) electrons. The third kappa shape index (κ3) is 4.42. The quantitative estimate of drug-likeness (QED) is 0.555. The molecule has 0 saturated heterocycles. The molecule has 1 heterocycles. The van der Waals surface area contributed by atoms with Crippen molar-refractivity contribution in [3.8, 4) is 0 Å². The van der Waals surface area contributed by atoms with Gasteiger partial charge in [0.05, 0.1) is 15.8 Å². The molecule has 2 aromatic rings. The predicted octanol–water partition coefficient (Wildman–Crippen LogP) is 5.02. The number of halogens is 5. The monoisotopic (exact) mass is 421 g/mol. The largest absolute Gasteiger partial charge is 0.433 e. The second-order valence-electron chi connectivity index (χ2n) is 5.60. The summed E-state index contributed by atoms with van der Waals surface area (Å²) in [5, 5.41) is 3.18. The van der Waals surface area contributed by atoms with Crippen LogP contribution in [0.4, 0.5) is 18.9 Å². The van der Waals surface area contributed by atoms with Crippen molar-refractivity contribution >= 4 is 46.6 Å². The summed E-state index contributed by atoms with van der Waals surface area (Å²) in [5.74, 6) is -0.540. The molecular formula is C16H12Cl2F3N3OS. The Labute approximate surface area is 161 Å². The van der Waals surface area contributed by atoms with Gasteiger partial charge < -0.3 is 5.32 Å². The van der Waals surface area contributed by atoms with Gasteiger partial charge in [-0.1, -0.05) is 35.0 Å². The van der Waals surface area contributed by atoms with Crippen molar-refractivity contribution in [1.82, 2.24) is 9.97 Å². The zero-order valence-electron chi connectivity index (χ0n) is 13.2. The highest BCUT2D eigenvalue weighted by Gasteiger charge is 2.38. The summed E-state index contributed by atoms with van der Waals surface area (Å²) >= 11 is 12.5. The molecule has 0 aliphatic heterocycles.